The van der Waals surface area contributed by atoms with Crippen LogP contribution in [0.2, 0.25) is 0 Å². The van der Waals surface area contributed by atoms with Gasteiger partial charge in [0.25, 0.3) is 0 Å². The Morgan fingerprint density at radius 1 is 1.90 bits per heavy atom. The topological polar surface area (TPSA) is 58.0 Å². The first kappa shape index (κ1) is 7.43. The van der Waals surface area contributed by atoms with Crippen molar-refractivity contribution in [3.8, 4) is 0 Å². The number of rotatable bonds is 2. The van der Waals surface area contributed by atoms with Gasteiger partial charge in [0.15, 0.2) is 0 Å². The summed E-state index contributed by atoms with van der Waals surface area (Å²) in [5.41, 5.74) is 0.702. The van der Waals surface area contributed by atoms with Gasteiger partial charge in [-0.05, 0) is 17.1 Å². The molecule has 0 aliphatic rings. The van der Waals surface area contributed by atoms with E-state index in [2.05, 4.69) is 5.10 Å². The Hall–Kier alpha value is -0.680. The molecule has 1 heterocycles. The summed E-state index contributed by atoms with van der Waals surface area (Å²) in [7, 11) is 1.71. The van der Waals surface area contributed by atoms with Gasteiger partial charge in [-0.15, -0.1) is 0 Å². The fourth-order valence-electron chi connectivity index (χ4n) is 0.664. The monoisotopic (exact) mass is 159 g/mol. The molecule has 1 atom stereocenters. The molecule has 0 saturated heterocycles. The van der Waals surface area contributed by atoms with E-state index in [1.165, 1.54) is 4.68 Å². The van der Waals surface area contributed by atoms with E-state index in [4.69, 9.17) is 0 Å². The molecule has 1 aromatic heterocycles. The van der Waals surface area contributed by atoms with Crippen molar-refractivity contribution >= 4 is 11.1 Å². The van der Waals surface area contributed by atoms with Crippen molar-refractivity contribution in [2.24, 2.45) is 7.05 Å². The van der Waals surface area contributed by atoms with Crippen molar-refractivity contribution in [2.45, 2.75) is 5.75 Å². The Bertz CT molecular complexity index is 246. The fourth-order valence-corrected chi connectivity index (χ4v) is 1.19. The molecule has 1 aromatic rings. The Morgan fingerprint density at radius 2 is 2.60 bits per heavy atom. The molecule has 0 amide bonds. The Morgan fingerprint density at radius 3 is 3.00 bits per heavy atom. The van der Waals surface area contributed by atoms with Gasteiger partial charge >= 0.3 is 0 Å². The summed E-state index contributed by atoms with van der Waals surface area (Å²) in [6.07, 6.45) is 1.57. The van der Waals surface area contributed by atoms with Crippen LogP contribution in [0, 0.1) is 0 Å². The lowest BCUT2D eigenvalue weighted by atomic mass is 10.5. The van der Waals surface area contributed by atoms with Crippen LogP contribution in [0.4, 0.5) is 0 Å². The van der Waals surface area contributed by atoms with Crippen LogP contribution >= 0.6 is 0 Å². The lowest BCUT2D eigenvalue weighted by molar-refractivity contribution is 0.533. The predicted molar refractivity (Wildman–Crippen MR) is 35.8 cm³/mol. The number of hydrogen-bond donors (Lipinski definition) is 0. The Kier molecular flexibility index (Phi) is 2.18. The molecule has 0 N–H and O–H groups in total. The van der Waals surface area contributed by atoms with Gasteiger partial charge in [0, 0.05) is 18.9 Å². The molecule has 0 bridgehead atoms. The van der Waals surface area contributed by atoms with Crippen molar-refractivity contribution in [2.75, 3.05) is 0 Å². The predicted octanol–water partition coefficient (Wildman–Crippen LogP) is -0.201. The zero-order chi connectivity index (χ0) is 7.56. The highest BCUT2D eigenvalue weighted by Gasteiger charge is 1.95. The molecule has 4 nitrogen and oxygen atoms in total. The molecule has 0 aliphatic heterocycles. The summed E-state index contributed by atoms with van der Waals surface area (Å²) in [6, 6.07) is 1.68. The SMILES string of the molecule is Cn1nccc1CS(=O)[O-]. The molecule has 0 aromatic carbocycles. The summed E-state index contributed by atoms with van der Waals surface area (Å²) in [5.74, 6) is 0.0382. The molecule has 10 heavy (non-hydrogen) atoms. The van der Waals surface area contributed by atoms with Crippen molar-refractivity contribution in [1.29, 1.82) is 0 Å². The average Bonchev–Trinajstić information content (AvgIpc) is 2.15. The number of aryl methyl sites for hydroxylation is 1. The van der Waals surface area contributed by atoms with E-state index >= 15 is 0 Å². The van der Waals surface area contributed by atoms with Crippen molar-refractivity contribution in [3.05, 3.63) is 18.0 Å². The van der Waals surface area contributed by atoms with Crippen LogP contribution in [0.25, 0.3) is 0 Å². The first-order valence-electron chi connectivity index (χ1n) is 2.73. The maximum atomic E-state index is 10.2. The Labute approximate surface area is 61.1 Å². The lowest BCUT2D eigenvalue weighted by Crippen LogP contribution is -2.01. The molecule has 0 fully saturated rings. The number of aromatic nitrogens is 2. The van der Waals surface area contributed by atoms with E-state index in [9.17, 15) is 8.76 Å². The molecule has 0 radical (unpaired) electrons. The van der Waals surface area contributed by atoms with E-state index in [0.717, 1.165) is 0 Å². The minimum absolute atomic E-state index is 0.0382. The minimum Gasteiger partial charge on any atom is -0.772 e. The van der Waals surface area contributed by atoms with E-state index in [-0.39, 0.29) is 5.75 Å². The van der Waals surface area contributed by atoms with Gasteiger partial charge in [0.2, 0.25) is 0 Å². The van der Waals surface area contributed by atoms with Gasteiger partial charge in [-0.3, -0.25) is 8.89 Å². The molecule has 0 saturated carbocycles. The maximum Gasteiger partial charge on any atom is 0.0523 e. The molecule has 0 spiro atoms. The van der Waals surface area contributed by atoms with Crippen LogP contribution < -0.4 is 0 Å². The molecular weight excluding hydrogens is 152 g/mol. The zero-order valence-corrected chi connectivity index (χ0v) is 6.30. The highest BCUT2D eigenvalue weighted by molar-refractivity contribution is 7.78. The van der Waals surface area contributed by atoms with Crippen LogP contribution in [0.1, 0.15) is 5.69 Å². The number of hydrogen-bond acceptors (Lipinski definition) is 3. The van der Waals surface area contributed by atoms with Crippen LogP contribution in [0.3, 0.4) is 0 Å². The highest BCUT2D eigenvalue weighted by Crippen LogP contribution is 1.98. The van der Waals surface area contributed by atoms with Crippen molar-refractivity contribution < 1.29 is 8.76 Å². The molecular formula is C5H7N2O2S-. The van der Waals surface area contributed by atoms with Gasteiger partial charge in [-0.25, -0.2) is 0 Å². The second-order valence-electron chi connectivity index (χ2n) is 1.89. The summed E-state index contributed by atoms with van der Waals surface area (Å²) >= 11 is -2.02. The zero-order valence-electron chi connectivity index (χ0n) is 5.48. The second kappa shape index (κ2) is 2.94. The van der Waals surface area contributed by atoms with Crippen LogP contribution in [-0.2, 0) is 23.9 Å². The summed E-state index contributed by atoms with van der Waals surface area (Å²) in [5, 5.41) is 3.81. The smallest absolute Gasteiger partial charge is 0.0523 e. The molecule has 56 valence electrons. The van der Waals surface area contributed by atoms with E-state index < -0.39 is 11.1 Å². The van der Waals surface area contributed by atoms with Gasteiger partial charge < -0.3 is 4.55 Å². The standard InChI is InChI=1S/C5H8N2O2S/c1-7-5(2-3-6-7)4-10(8)9/h2-3H,4H2,1H3,(H,8,9)/p-1. The van der Waals surface area contributed by atoms with Crippen molar-refractivity contribution in [3.63, 3.8) is 0 Å². The molecule has 1 unspecified atom stereocenters. The summed E-state index contributed by atoms with van der Waals surface area (Å²) < 4.78 is 21.9. The summed E-state index contributed by atoms with van der Waals surface area (Å²) in [6.45, 7) is 0. The Balaban J connectivity index is 2.74. The van der Waals surface area contributed by atoms with Crippen LogP contribution in [0.15, 0.2) is 12.3 Å². The highest BCUT2D eigenvalue weighted by atomic mass is 32.2. The van der Waals surface area contributed by atoms with E-state index in [0.29, 0.717) is 5.69 Å². The molecule has 1 rings (SSSR count). The van der Waals surface area contributed by atoms with E-state index in [1.54, 1.807) is 19.3 Å². The van der Waals surface area contributed by atoms with Crippen LogP contribution in [-0.4, -0.2) is 18.5 Å². The quantitative estimate of drug-likeness (QED) is 0.561. The van der Waals surface area contributed by atoms with E-state index in [1.807, 2.05) is 0 Å². The minimum atomic E-state index is -2.02. The fraction of sp³-hybridized carbons (Fsp3) is 0.400. The first-order chi connectivity index (χ1) is 4.70. The third-order valence-corrected chi connectivity index (χ3v) is 1.72. The molecule has 5 heteroatoms. The lowest BCUT2D eigenvalue weighted by Gasteiger charge is -2.03. The summed E-state index contributed by atoms with van der Waals surface area (Å²) in [4.78, 5) is 0. The van der Waals surface area contributed by atoms with Crippen LogP contribution in [0.5, 0.6) is 0 Å². The average molecular weight is 159 g/mol. The van der Waals surface area contributed by atoms with Crippen molar-refractivity contribution in [1.82, 2.24) is 9.78 Å². The third kappa shape index (κ3) is 1.65. The van der Waals surface area contributed by atoms with Gasteiger partial charge in [0.1, 0.15) is 0 Å². The second-order valence-corrected chi connectivity index (χ2v) is 2.79. The maximum absolute atomic E-state index is 10.2. The normalized spacial score (nSPS) is 13.4. The van der Waals surface area contributed by atoms with Gasteiger partial charge in [-0.1, -0.05) is 0 Å². The third-order valence-electron chi connectivity index (χ3n) is 1.19. The van der Waals surface area contributed by atoms with Gasteiger partial charge in [0.05, 0.1) is 5.75 Å². The van der Waals surface area contributed by atoms with Gasteiger partial charge in [-0.2, -0.15) is 5.10 Å². The number of nitrogens with zero attached hydrogens (tertiary/aromatic N) is 2. The first-order valence-corrected chi connectivity index (χ1v) is 3.97. The molecule has 0 aliphatic carbocycles. The largest absolute Gasteiger partial charge is 0.772 e.